The van der Waals surface area contributed by atoms with E-state index in [0.29, 0.717) is 5.41 Å². The van der Waals surface area contributed by atoms with Gasteiger partial charge < -0.3 is 10.1 Å². The summed E-state index contributed by atoms with van der Waals surface area (Å²) in [5, 5.41) is 3.62. The Morgan fingerprint density at radius 1 is 1.37 bits per heavy atom. The van der Waals surface area contributed by atoms with Crippen LogP contribution in [-0.4, -0.2) is 20.2 Å². The van der Waals surface area contributed by atoms with Crippen molar-refractivity contribution in [1.29, 1.82) is 0 Å². The van der Waals surface area contributed by atoms with Crippen molar-refractivity contribution in [2.75, 3.05) is 20.2 Å². The van der Waals surface area contributed by atoms with E-state index in [0.717, 1.165) is 24.8 Å². The smallest absolute Gasteiger partial charge is 0.122 e. The lowest BCUT2D eigenvalue weighted by molar-refractivity contribution is 0.397. The van der Waals surface area contributed by atoms with Crippen LogP contribution in [0.15, 0.2) is 18.2 Å². The zero-order chi connectivity index (χ0) is 13.9. The fourth-order valence-electron chi connectivity index (χ4n) is 3.26. The standard InChI is InChI=1S/C17H27NO/c1-5-9-18-12-17(11-14(17)6-2)15-10-13(3)7-8-16(15)19-4/h7-8,10,14,18H,5-6,9,11-12H2,1-4H3. The molecular formula is C17H27NO. The average Bonchev–Trinajstić information content (AvgIpc) is 3.14. The zero-order valence-corrected chi connectivity index (χ0v) is 12.8. The lowest BCUT2D eigenvalue weighted by Crippen LogP contribution is -2.29. The van der Waals surface area contributed by atoms with Crippen LogP contribution in [0.25, 0.3) is 0 Å². The van der Waals surface area contributed by atoms with Crippen molar-refractivity contribution < 1.29 is 4.74 Å². The molecule has 19 heavy (non-hydrogen) atoms. The van der Waals surface area contributed by atoms with E-state index in [9.17, 15) is 0 Å². The van der Waals surface area contributed by atoms with Crippen LogP contribution in [0, 0.1) is 12.8 Å². The molecule has 1 saturated carbocycles. The molecule has 2 heteroatoms. The second-order valence-electron chi connectivity index (χ2n) is 5.85. The first-order chi connectivity index (χ1) is 9.17. The molecule has 0 radical (unpaired) electrons. The number of hydrogen-bond acceptors (Lipinski definition) is 2. The van der Waals surface area contributed by atoms with Gasteiger partial charge in [0.2, 0.25) is 0 Å². The molecule has 1 aliphatic carbocycles. The van der Waals surface area contributed by atoms with Crippen molar-refractivity contribution in [3.05, 3.63) is 29.3 Å². The topological polar surface area (TPSA) is 21.3 Å². The molecule has 0 spiro atoms. The molecule has 2 rings (SSSR count). The van der Waals surface area contributed by atoms with Gasteiger partial charge in [-0.25, -0.2) is 0 Å². The molecule has 106 valence electrons. The molecule has 1 aliphatic rings. The molecule has 1 N–H and O–H groups in total. The number of rotatable bonds is 7. The van der Waals surface area contributed by atoms with Crippen LogP contribution in [0.1, 0.15) is 44.2 Å². The van der Waals surface area contributed by atoms with E-state index in [1.165, 1.54) is 30.4 Å². The molecule has 0 aliphatic heterocycles. The molecule has 0 amide bonds. The molecule has 0 aromatic heterocycles. The Hall–Kier alpha value is -1.02. The highest BCUT2D eigenvalue weighted by Gasteiger charge is 2.54. The SMILES string of the molecule is CCCNCC1(c2cc(C)ccc2OC)CC1CC. The first-order valence-electron chi connectivity index (χ1n) is 7.53. The van der Waals surface area contributed by atoms with Gasteiger partial charge in [0.25, 0.3) is 0 Å². The molecular weight excluding hydrogens is 234 g/mol. The summed E-state index contributed by atoms with van der Waals surface area (Å²) in [7, 11) is 1.78. The molecule has 0 heterocycles. The van der Waals surface area contributed by atoms with Gasteiger partial charge in [0.15, 0.2) is 0 Å². The Morgan fingerprint density at radius 3 is 2.74 bits per heavy atom. The van der Waals surface area contributed by atoms with Crippen LogP contribution in [0.5, 0.6) is 5.75 Å². The predicted molar refractivity (Wildman–Crippen MR) is 81.0 cm³/mol. The fraction of sp³-hybridized carbons (Fsp3) is 0.647. The summed E-state index contributed by atoms with van der Waals surface area (Å²) in [6.45, 7) is 8.87. The summed E-state index contributed by atoms with van der Waals surface area (Å²) < 4.78 is 5.60. The summed E-state index contributed by atoms with van der Waals surface area (Å²) in [6, 6.07) is 6.58. The highest BCUT2D eigenvalue weighted by Crippen LogP contribution is 2.57. The maximum absolute atomic E-state index is 5.60. The summed E-state index contributed by atoms with van der Waals surface area (Å²) in [5.41, 5.74) is 3.04. The van der Waals surface area contributed by atoms with Crippen LogP contribution in [-0.2, 0) is 5.41 Å². The first kappa shape index (κ1) is 14.4. The number of nitrogens with one attached hydrogen (secondary N) is 1. The van der Waals surface area contributed by atoms with Gasteiger partial charge in [0, 0.05) is 17.5 Å². The Labute approximate surface area is 117 Å². The number of benzene rings is 1. The van der Waals surface area contributed by atoms with E-state index in [1.807, 2.05) is 0 Å². The number of methoxy groups -OCH3 is 1. The quantitative estimate of drug-likeness (QED) is 0.756. The van der Waals surface area contributed by atoms with Gasteiger partial charge in [-0.1, -0.05) is 38.0 Å². The van der Waals surface area contributed by atoms with Crippen molar-refractivity contribution in [3.63, 3.8) is 0 Å². The van der Waals surface area contributed by atoms with Crippen molar-refractivity contribution in [2.24, 2.45) is 5.92 Å². The van der Waals surface area contributed by atoms with Gasteiger partial charge in [0.05, 0.1) is 7.11 Å². The van der Waals surface area contributed by atoms with Crippen molar-refractivity contribution in [2.45, 2.75) is 45.4 Å². The number of hydrogen-bond donors (Lipinski definition) is 1. The largest absolute Gasteiger partial charge is 0.496 e. The summed E-state index contributed by atoms with van der Waals surface area (Å²) in [4.78, 5) is 0. The molecule has 0 saturated heterocycles. The number of ether oxygens (including phenoxy) is 1. The highest BCUT2D eigenvalue weighted by molar-refractivity contribution is 5.47. The molecule has 0 bridgehead atoms. The Morgan fingerprint density at radius 2 is 2.16 bits per heavy atom. The minimum atomic E-state index is 0.307. The van der Waals surface area contributed by atoms with Crippen molar-refractivity contribution in [1.82, 2.24) is 5.32 Å². The zero-order valence-electron chi connectivity index (χ0n) is 12.8. The molecule has 1 fully saturated rings. The van der Waals surface area contributed by atoms with Crippen LogP contribution in [0.2, 0.25) is 0 Å². The Balaban J connectivity index is 2.27. The third-order valence-corrected chi connectivity index (χ3v) is 4.48. The van der Waals surface area contributed by atoms with Gasteiger partial charge in [-0.15, -0.1) is 0 Å². The van der Waals surface area contributed by atoms with Gasteiger partial charge >= 0.3 is 0 Å². The fourth-order valence-corrected chi connectivity index (χ4v) is 3.26. The molecule has 2 nitrogen and oxygen atoms in total. The summed E-state index contributed by atoms with van der Waals surface area (Å²) in [6.07, 6.45) is 3.74. The van der Waals surface area contributed by atoms with E-state index < -0.39 is 0 Å². The van der Waals surface area contributed by atoms with Crippen molar-refractivity contribution >= 4 is 0 Å². The lowest BCUT2D eigenvalue weighted by Gasteiger charge is -2.22. The second kappa shape index (κ2) is 5.96. The monoisotopic (exact) mass is 261 g/mol. The van der Waals surface area contributed by atoms with Gasteiger partial charge in [-0.2, -0.15) is 0 Å². The van der Waals surface area contributed by atoms with E-state index in [-0.39, 0.29) is 0 Å². The van der Waals surface area contributed by atoms with Crippen LogP contribution in [0.3, 0.4) is 0 Å². The van der Waals surface area contributed by atoms with Crippen molar-refractivity contribution in [3.8, 4) is 5.75 Å². The van der Waals surface area contributed by atoms with E-state index in [1.54, 1.807) is 7.11 Å². The lowest BCUT2D eigenvalue weighted by atomic mass is 9.90. The second-order valence-corrected chi connectivity index (χ2v) is 5.85. The van der Waals surface area contributed by atoms with E-state index in [2.05, 4.69) is 44.3 Å². The number of aryl methyl sites for hydroxylation is 1. The first-order valence-corrected chi connectivity index (χ1v) is 7.53. The van der Waals surface area contributed by atoms with E-state index >= 15 is 0 Å². The normalized spacial score (nSPS) is 25.4. The molecule has 2 atom stereocenters. The maximum Gasteiger partial charge on any atom is 0.122 e. The third kappa shape index (κ3) is 2.79. The third-order valence-electron chi connectivity index (χ3n) is 4.48. The van der Waals surface area contributed by atoms with E-state index in [4.69, 9.17) is 4.74 Å². The summed E-state index contributed by atoms with van der Waals surface area (Å²) >= 11 is 0. The van der Waals surface area contributed by atoms with Gasteiger partial charge in [0.1, 0.15) is 5.75 Å². The molecule has 1 aromatic carbocycles. The molecule has 1 aromatic rings. The minimum Gasteiger partial charge on any atom is -0.496 e. The van der Waals surface area contributed by atoms with Gasteiger partial charge in [-0.05, 0) is 38.3 Å². The molecule has 2 unspecified atom stereocenters. The maximum atomic E-state index is 5.60. The average molecular weight is 261 g/mol. The van der Waals surface area contributed by atoms with Crippen LogP contribution < -0.4 is 10.1 Å². The predicted octanol–water partition coefficient (Wildman–Crippen LogP) is 3.67. The van der Waals surface area contributed by atoms with Gasteiger partial charge in [-0.3, -0.25) is 0 Å². The highest BCUT2D eigenvalue weighted by atomic mass is 16.5. The summed E-state index contributed by atoms with van der Waals surface area (Å²) in [5.74, 6) is 1.85. The Bertz CT molecular complexity index is 429. The minimum absolute atomic E-state index is 0.307. The van der Waals surface area contributed by atoms with Crippen LogP contribution in [0.4, 0.5) is 0 Å². The van der Waals surface area contributed by atoms with Crippen LogP contribution >= 0.6 is 0 Å². The Kier molecular flexibility index (Phi) is 4.51.